The van der Waals surface area contributed by atoms with E-state index in [0.717, 1.165) is 29.6 Å². The Morgan fingerprint density at radius 3 is 2.25 bits per heavy atom. The third kappa shape index (κ3) is 5.63. The monoisotopic (exact) mass is 444 g/mol. The Kier molecular flexibility index (Phi) is 8.45. The minimum Gasteiger partial charge on any atom is -0.493 e. The molecule has 0 bridgehead atoms. The number of aliphatic imine (C=N–C) groups is 1. The largest absolute Gasteiger partial charge is 0.493 e. The van der Waals surface area contributed by atoms with Gasteiger partial charge in [-0.2, -0.15) is 0 Å². The van der Waals surface area contributed by atoms with Crippen LogP contribution in [-0.4, -0.2) is 31.8 Å². The van der Waals surface area contributed by atoms with Crippen molar-refractivity contribution in [3.63, 3.8) is 0 Å². The zero-order chi connectivity index (χ0) is 16.7. The predicted molar refractivity (Wildman–Crippen MR) is 107 cm³/mol. The molecular weight excluding hydrogens is 419 g/mol. The van der Waals surface area contributed by atoms with Crippen LogP contribution < -0.4 is 20.1 Å². The van der Waals surface area contributed by atoms with Crippen molar-refractivity contribution in [3.05, 3.63) is 47.8 Å². The Hall–Kier alpha value is -1.90. The molecule has 0 unspecified atom stereocenters. The normalized spacial score (nSPS) is 10.8. The molecule has 2 rings (SSSR count). The van der Waals surface area contributed by atoms with E-state index in [1.807, 2.05) is 36.0 Å². The number of hydrogen-bond acceptors (Lipinski definition) is 3. The van der Waals surface area contributed by atoms with E-state index in [1.165, 1.54) is 5.56 Å². The standard InChI is InChI=1S/C17H24N4O2.HI/c1-18-17(20-11-14-7-8-21(2)12-14)19-10-13-5-6-15(22-3)16(9-13)23-4;/h5-9,12H,10-11H2,1-4H3,(H2,18,19,20);1H. The van der Waals surface area contributed by atoms with Crippen LogP contribution in [0.25, 0.3) is 0 Å². The highest BCUT2D eigenvalue weighted by Crippen LogP contribution is 2.27. The molecule has 0 saturated heterocycles. The molecule has 1 aromatic heterocycles. The first-order valence-corrected chi connectivity index (χ1v) is 7.42. The summed E-state index contributed by atoms with van der Waals surface area (Å²) in [5, 5.41) is 6.58. The molecule has 0 radical (unpaired) electrons. The van der Waals surface area contributed by atoms with Crippen molar-refractivity contribution < 1.29 is 9.47 Å². The fourth-order valence-corrected chi connectivity index (χ4v) is 2.25. The molecule has 1 aromatic carbocycles. The molecular formula is C17H25IN4O2. The minimum absolute atomic E-state index is 0. The van der Waals surface area contributed by atoms with E-state index in [9.17, 15) is 0 Å². The number of guanidine groups is 1. The zero-order valence-electron chi connectivity index (χ0n) is 14.5. The summed E-state index contributed by atoms with van der Waals surface area (Å²) in [6, 6.07) is 7.93. The molecule has 7 heteroatoms. The average molecular weight is 444 g/mol. The molecule has 0 amide bonds. The van der Waals surface area contributed by atoms with E-state index in [1.54, 1.807) is 21.3 Å². The molecule has 24 heavy (non-hydrogen) atoms. The van der Waals surface area contributed by atoms with Crippen molar-refractivity contribution in [3.8, 4) is 11.5 Å². The van der Waals surface area contributed by atoms with Crippen LogP contribution in [0.15, 0.2) is 41.7 Å². The number of methoxy groups -OCH3 is 2. The number of ether oxygens (including phenoxy) is 2. The molecule has 0 atom stereocenters. The number of benzene rings is 1. The van der Waals surface area contributed by atoms with Crippen molar-refractivity contribution in [2.75, 3.05) is 21.3 Å². The molecule has 0 fully saturated rings. The zero-order valence-corrected chi connectivity index (χ0v) is 16.8. The van der Waals surface area contributed by atoms with Crippen molar-refractivity contribution in [2.45, 2.75) is 13.1 Å². The third-order valence-electron chi connectivity index (χ3n) is 3.48. The first-order valence-electron chi connectivity index (χ1n) is 7.42. The van der Waals surface area contributed by atoms with Crippen LogP contribution in [0, 0.1) is 0 Å². The van der Waals surface area contributed by atoms with E-state index in [2.05, 4.69) is 27.9 Å². The maximum Gasteiger partial charge on any atom is 0.191 e. The van der Waals surface area contributed by atoms with Gasteiger partial charge in [0.1, 0.15) is 0 Å². The van der Waals surface area contributed by atoms with Gasteiger partial charge in [0.05, 0.1) is 14.2 Å². The predicted octanol–water partition coefficient (Wildman–Crippen LogP) is 2.53. The van der Waals surface area contributed by atoms with Gasteiger partial charge in [0, 0.05) is 39.6 Å². The number of aryl methyl sites for hydroxylation is 1. The molecule has 1 heterocycles. The number of nitrogens with zero attached hydrogens (tertiary/aromatic N) is 2. The Balaban J connectivity index is 0.00000288. The van der Waals surface area contributed by atoms with Crippen molar-refractivity contribution >= 4 is 29.9 Å². The smallest absolute Gasteiger partial charge is 0.191 e. The number of aromatic nitrogens is 1. The second kappa shape index (κ2) is 10.1. The van der Waals surface area contributed by atoms with Crippen molar-refractivity contribution in [1.29, 1.82) is 0 Å². The molecule has 132 valence electrons. The average Bonchev–Trinajstić information content (AvgIpc) is 3.00. The van der Waals surface area contributed by atoms with E-state index < -0.39 is 0 Å². The van der Waals surface area contributed by atoms with Gasteiger partial charge in [-0.05, 0) is 29.3 Å². The molecule has 0 spiro atoms. The SMILES string of the molecule is CN=C(NCc1ccc(OC)c(OC)c1)NCc1ccn(C)c1.I. The van der Waals surface area contributed by atoms with E-state index >= 15 is 0 Å². The van der Waals surface area contributed by atoms with Gasteiger partial charge in [0.2, 0.25) is 0 Å². The Morgan fingerprint density at radius 1 is 1.04 bits per heavy atom. The molecule has 6 nitrogen and oxygen atoms in total. The molecule has 0 aliphatic rings. The van der Waals surface area contributed by atoms with Gasteiger partial charge in [-0.25, -0.2) is 0 Å². The summed E-state index contributed by atoms with van der Waals surface area (Å²) < 4.78 is 12.6. The lowest BCUT2D eigenvalue weighted by molar-refractivity contribution is 0.354. The highest BCUT2D eigenvalue weighted by atomic mass is 127. The molecule has 2 N–H and O–H groups in total. The van der Waals surface area contributed by atoms with Gasteiger partial charge in [-0.1, -0.05) is 6.07 Å². The molecule has 0 saturated carbocycles. The number of rotatable bonds is 6. The number of halogens is 1. The molecule has 0 aliphatic heterocycles. The van der Waals surface area contributed by atoms with Crippen LogP contribution in [0.4, 0.5) is 0 Å². The van der Waals surface area contributed by atoms with Gasteiger partial charge in [-0.15, -0.1) is 24.0 Å². The highest BCUT2D eigenvalue weighted by Gasteiger charge is 2.05. The van der Waals surface area contributed by atoms with Crippen LogP contribution in [-0.2, 0) is 20.1 Å². The molecule has 0 aliphatic carbocycles. The van der Waals surface area contributed by atoms with Crippen LogP contribution >= 0.6 is 24.0 Å². The fourth-order valence-electron chi connectivity index (χ4n) is 2.25. The van der Waals surface area contributed by atoms with Gasteiger partial charge >= 0.3 is 0 Å². The summed E-state index contributed by atoms with van der Waals surface area (Å²) in [6.45, 7) is 1.38. The van der Waals surface area contributed by atoms with Crippen LogP contribution in [0.2, 0.25) is 0 Å². The van der Waals surface area contributed by atoms with Crippen molar-refractivity contribution in [2.24, 2.45) is 12.0 Å². The minimum atomic E-state index is 0. The summed E-state index contributed by atoms with van der Waals surface area (Å²) >= 11 is 0. The van der Waals surface area contributed by atoms with Gasteiger partial charge in [0.15, 0.2) is 17.5 Å². The fraction of sp³-hybridized carbons (Fsp3) is 0.353. The summed E-state index contributed by atoms with van der Waals surface area (Å²) in [4.78, 5) is 4.23. The van der Waals surface area contributed by atoms with Crippen LogP contribution in [0.3, 0.4) is 0 Å². The van der Waals surface area contributed by atoms with Gasteiger partial charge < -0.3 is 24.7 Å². The Labute approximate surface area is 160 Å². The molecule has 2 aromatic rings. The van der Waals surface area contributed by atoms with E-state index in [0.29, 0.717) is 6.54 Å². The Morgan fingerprint density at radius 2 is 1.71 bits per heavy atom. The summed E-state index contributed by atoms with van der Waals surface area (Å²) in [5.41, 5.74) is 2.30. The van der Waals surface area contributed by atoms with E-state index in [-0.39, 0.29) is 24.0 Å². The lowest BCUT2D eigenvalue weighted by Gasteiger charge is -2.13. The maximum absolute atomic E-state index is 5.32. The number of nitrogens with one attached hydrogen (secondary N) is 2. The topological polar surface area (TPSA) is 59.8 Å². The maximum atomic E-state index is 5.32. The van der Waals surface area contributed by atoms with E-state index in [4.69, 9.17) is 9.47 Å². The lowest BCUT2D eigenvalue weighted by atomic mass is 10.2. The van der Waals surface area contributed by atoms with Gasteiger partial charge in [-0.3, -0.25) is 4.99 Å². The van der Waals surface area contributed by atoms with Crippen LogP contribution in [0.1, 0.15) is 11.1 Å². The summed E-state index contributed by atoms with van der Waals surface area (Å²) in [5.74, 6) is 2.20. The Bertz CT molecular complexity index is 670. The first kappa shape index (κ1) is 20.1. The van der Waals surface area contributed by atoms with Crippen LogP contribution in [0.5, 0.6) is 11.5 Å². The van der Waals surface area contributed by atoms with Gasteiger partial charge in [0.25, 0.3) is 0 Å². The lowest BCUT2D eigenvalue weighted by Crippen LogP contribution is -2.36. The number of hydrogen-bond donors (Lipinski definition) is 2. The summed E-state index contributed by atoms with van der Waals surface area (Å²) in [7, 11) is 7.03. The first-order chi connectivity index (χ1) is 11.2. The third-order valence-corrected chi connectivity index (χ3v) is 3.48. The quantitative estimate of drug-likeness (QED) is 0.409. The van der Waals surface area contributed by atoms with Crippen molar-refractivity contribution in [1.82, 2.24) is 15.2 Å². The highest BCUT2D eigenvalue weighted by molar-refractivity contribution is 14.0. The second-order valence-electron chi connectivity index (χ2n) is 5.15. The summed E-state index contributed by atoms with van der Waals surface area (Å²) in [6.07, 6.45) is 4.10. The second-order valence-corrected chi connectivity index (χ2v) is 5.15.